The van der Waals surface area contributed by atoms with Crippen LogP contribution in [0.5, 0.6) is 0 Å². The van der Waals surface area contributed by atoms with Gasteiger partial charge in [0.05, 0.1) is 11.8 Å². The zero-order valence-electron chi connectivity index (χ0n) is 10.7. The number of halogens is 1. The van der Waals surface area contributed by atoms with Gasteiger partial charge in [0.25, 0.3) is 0 Å². The number of thiazole rings is 1. The average Bonchev–Trinajstić information content (AvgIpc) is 2.85. The van der Waals surface area contributed by atoms with Crippen molar-refractivity contribution in [2.45, 2.75) is 17.7 Å². The number of aryl methyl sites for hydroxylation is 1. The van der Waals surface area contributed by atoms with Crippen LogP contribution in [0.4, 0.5) is 4.39 Å². The number of carbonyl (C=O) groups excluding carboxylic acids is 1. The Morgan fingerprint density at radius 3 is 2.90 bits per heavy atom. The van der Waals surface area contributed by atoms with E-state index in [9.17, 15) is 9.18 Å². The smallest absolute Gasteiger partial charge is 0.167 e. The Morgan fingerprint density at radius 2 is 2.30 bits per heavy atom. The molecule has 6 heteroatoms. The number of thioether (sulfide) groups is 1. The van der Waals surface area contributed by atoms with E-state index >= 15 is 0 Å². The van der Waals surface area contributed by atoms with Crippen molar-refractivity contribution in [3.8, 4) is 6.07 Å². The number of hydrogen-bond donors (Lipinski definition) is 0. The van der Waals surface area contributed by atoms with Gasteiger partial charge in [-0.2, -0.15) is 5.26 Å². The third kappa shape index (κ3) is 3.44. The number of aromatic nitrogens is 1. The maximum Gasteiger partial charge on any atom is 0.167 e. The van der Waals surface area contributed by atoms with Crippen molar-refractivity contribution >= 4 is 28.9 Å². The quantitative estimate of drug-likeness (QED) is 0.793. The molecule has 3 nitrogen and oxygen atoms in total. The SMILES string of the molecule is Cc1csc(C(C#N)C(=O)CSc2ccccc2F)n1. The molecule has 1 heterocycles. The van der Waals surface area contributed by atoms with E-state index in [-0.39, 0.29) is 17.4 Å². The minimum Gasteiger partial charge on any atom is -0.297 e. The molecular weight excluding hydrogens is 295 g/mol. The molecule has 1 unspecified atom stereocenters. The van der Waals surface area contributed by atoms with E-state index in [1.54, 1.807) is 23.6 Å². The van der Waals surface area contributed by atoms with E-state index < -0.39 is 5.92 Å². The summed E-state index contributed by atoms with van der Waals surface area (Å²) in [5.41, 5.74) is 0.791. The Kier molecular flexibility index (Phi) is 4.88. The van der Waals surface area contributed by atoms with Gasteiger partial charge in [0, 0.05) is 16.0 Å². The van der Waals surface area contributed by atoms with Gasteiger partial charge in [0.2, 0.25) is 0 Å². The first kappa shape index (κ1) is 14.7. The molecule has 0 radical (unpaired) electrons. The van der Waals surface area contributed by atoms with Gasteiger partial charge >= 0.3 is 0 Å². The Balaban J connectivity index is 2.04. The normalized spacial score (nSPS) is 11.8. The lowest BCUT2D eigenvalue weighted by Gasteiger charge is -2.05. The molecule has 0 saturated heterocycles. The summed E-state index contributed by atoms with van der Waals surface area (Å²) in [6.07, 6.45) is 0. The first-order valence-electron chi connectivity index (χ1n) is 5.83. The van der Waals surface area contributed by atoms with Gasteiger partial charge in [-0.3, -0.25) is 4.79 Å². The van der Waals surface area contributed by atoms with Crippen LogP contribution in [0, 0.1) is 24.1 Å². The third-order valence-electron chi connectivity index (χ3n) is 2.54. The van der Waals surface area contributed by atoms with E-state index in [0.717, 1.165) is 17.5 Å². The van der Waals surface area contributed by atoms with Crippen molar-refractivity contribution in [1.29, 1.82) is 5.26 Å². The van der Waals surface area contributed by atoms with Crippen LogP contribution in [0.3, 0.4) is 0 Å². The van der Waals surface area contributed by atoms with Crippen molar-refractivity contribution < 1.29 is 9.18 Å². The van der Waals surface area contributed by atoms with Crippen molar-refractivity contribution in [1.82, 2.24) is 4.98 Å². The molecule has 0 saturated carbocycles. The average molecular weight is 306 g/mol. The predicted octanol–water partition coefficient (Wildman–Crippen LogP) is 3.56. The molecule has 0 spiro atoms. The summed E-state index contributed by atoms with van der Waals surface area (Å²) in [6, 6.07) is 8.24. The van der Waals surface area contributed by atoms with E-state index in [2.05, 4.69) is 4.98 Å². The number of Topliss-reactive ketones (excluding diaryl/α,β-unsaturated/α-hetero) is 1. The third-order valence-corrected chi connectivity index (χ3v) is 4.64. The maximum atomic E-state index is 13.4. The van der Waals surface area contributed by atoms with Gasteiger partial charge in [-0.1, -0.05) is 12.1 Å². The molecule has 0 aliphatic carbocycles. The second kappa shape index (κ2) is 6.64. The lowest BCUT2D eigenvalue weighted by molar-refractivity contribution is -0.116. The molecule has 2 aromatic rings. The molecule has 2 rings (SSSR count). The molecule has 0 N–H and O–H groups in total. The van der Waals surface area contributed by atoms with Crippen molar-refractivity contribution in [3.63, 3.8) is 0 Å². The monoisotopic (exact) mass is 306 g/mol. The van der Waals surface area contributed by atoms with Crippen LogP contribution in [0.25, 0.3) is 0 Å². The van der Waals surface area contributed by atoms with E-state index in [0.29, 0.717) is 9.90 Å². The lowest BCUT2D eigenvalue weighted by Crippen LogP contribution is -2.13. The Labute approximate surface area is 124 Å². The molecular formula is C14H11FN2OS2. The second-order valence-corrected chi connectivity index (χ2v) is 5.98. The van der Waals surface area contributed by atoms with Crippen LogP contribution >= 0.6 is 23.1 Å². The molecule has 20 heavy (non-hydrogen) atoms. The number of hydrogen-bond acceptors (Lipinski definition) is 5. The fourth-order valence-corrected chi connectivity index (χ4v) is 3.27. The van der Waals surface area contributed by atoms with Gasteiger partial charge in [0.15, 0.2) is 11.7 Å². The molecule has 0 bridgehead atoms. The van der Waals surface area contributed by atoms with Crippen molar-refractivity contribution in [3.05, 3.63) is 46.2 Å². The topological polar surface area (TPSA) is 53.8 Å². The number of nitriles is 1. The lowest BCUT2D eigenvalue weighted by atomic mass is 10.1. The van der Waals surface area contributed by atoms with E-state index in [1.807, 2.05) is 13.0 Å². The molecule has 0 fully saturated rings. The molecule has 1 aromatic heterocycles. The molecule has 1 aromatic carbocycles. The highest BCUT2D eigenvalue weighted by Gasteiger charge is 2.23. The van der Waals surface area contributed by atoms with Crippen molar-refractivity contribution in [2.24, 2.45) is 0 Å². The number of nitrogens with zero attached hydrogens (tertiary/aromatic N) is 2. The first-order valence-corrected chi connectivity index (χ1v) is 7.70. The van der Waals surface area contributed by atoms with Crippen LogP contribution in [0.15, 0.2) is 34.5 Å². The summed E-state index contributed by atoms with van der Waals surface area (Å²) in [5.74, 6) is -1.43. The second-order valence-electron chi connectivity index (χ2n) is 4.07. The highest BCUT2D eigenvalue weighted by Crippen LogP contribution is 2.26. The zero-order chi connectivity index (χ0) is 14.5. The summed E-state index contributed by atoms with van der Waals surface area (Å²) < 4.78 is 13.4. The highest BCUT2D eigenvalue weighted by molar-refractivity contribution is 8.00. The summed E-state index contributed by atoms with van der Waals surface area (Å²) in [5, 5.41) is 11.4. The first-order chi connectivity index (χ1) is 9.61. The van der Waals surface area contributed by atoms with E-state index in [4.69, 9.17) is 5.26 Å². The van der Waals surface area contributed by atoms with Gasteiger partial charge in [-0.15, -0.1) is 23.1 Å². The van der Waals surface area contributed by atoms with Crippen LogP contribution in [0.1, 0.15) is 16.6 Å². The predicted molar refractivity (Wildman–Crippen MR) is 77.3 cm³/mol. The summed E-state index contributed by atoms with van der Waals surface area (Å²) in [7, 11) is 0. The molecule has 102 valence electrons. The summed E-state index contributed by atoms with van der Waals surface area (Å²) >= 11 is 2.40. The number of carbonyl (C=O) groups is 1. The fraction of sp³-hybridized carbons (Fsp3) is 0.214. The fourth-order valence-electron chi connectivity index (χ4n) is 1.56. The molecule has 0 amide bonds. The highest BCUT2D eigenvalue weighted by atomic mass is 32.2. The standard InChI is InChI=1S/C14H11FN2OS2/c1-9-7-20-14(17-9)10(6-16)12(18)8-19-13-5-3-2-4-11(13)15/h2-5,7,10H,8H2,1H3. The summed E-state index contributed by atoms with van der Waals surface area (Å²) in [6.45, 7) is 1.81. The number of rotatable bonds is 5. The zero-order valence-corrected chi connectivity index (χ0v) is 12.3. The van der Waals surface area contributed by atoms with Crippen LogP contribution in [-0.4, -0.2) is 16.5 Å². The van der Waals surface area contributed by atoms with Gasteiger partial charge < -0.3 is 0 Å². The largest absolute Gasteiger partial charge is 0.297 e. The molecule has 0 aliphatic rings. The van der Waals surface area contributed by atoms with Crippen LogP contribution < -0.4 is 0 Å². The Hall–Kier alpha value is -1.71. The number of ketones is 1. The van der Waals surface area contributed by atoms with Crippen LogP contribution in [0.2, 0.25) is 0 Å². The molecule has 0 aliphatic heterocycles. The Bertz CT molecular complexity index is 663. The Morgan fingerprint density at radius 1 is 1.55 bits per heavy atom. The van der Waals surface area contributed by atoms with Crippen molar-refractivity contribution in [2.75, 3.05) is 5.75 Å². The van der Waals surface area contributed by atoms with Gasteiger partial charge in [-0.25, -0.2) is 9.37 Å². The van der Waals surface area contributed by atoms with Gasteiger partial charge in [-0.05, 0) is 19.1 Å². The minimum absolute atomic E-state index is 0.0534. The molecule has 1 atom stereocenters. The number of benzene rings is 1. The maximum absolute atomic E-state index is 13.4. The minimum atomic E-state index is -0.868. The summed E-state index contributed by atoms with van der Waals surface area (Å²) in [4.78, 5) is 16.6. The van der Waals surface area contributed by atoms with E-state index in [1.165, 1.54) is 17.4 Å². The van der Waals surface area contributed by atoms with Gasteiger partial charge in [0.1, 0.15) is 10.8 Å². The van der Waals surface area contributed by atoms with Crippen LogP contribution in [-0.2, 0) is 4.79 Å².